The monoisotopic (exact) mass is 244 g/mol. The first kappa shape index (κ1) is 12.1. The van der Waals surface area contributed by atoms with E-state index < -0.39 is 0 Å². The fourth-order valence-electron chi connectivity index (χ4n) is 1.59. The SMILES string of the molecule is CCN/N=C(\N)c1cc(-c2ccncc2)nn1C. The van der Waals surface area contributed by atoms with E-state index in [0.29, 0.717) is 5.84 Å². The molecule has 6 nitrogen and oxygen atoms in total. The summed E-state index contributed by atoms with van der Waals surface area (Å²) in [5.41, 5.74) is 11.4. The number of hydrogen-bond donors (Lipinski definition) is 2. The van der Waals surface area contributed by atoms with Crippen LogP contribution >= 0.6 is 0 Å². The third-order valence-electron chi connectivity index (χ3n) is 2.48. The molecule has 0 aliphatic rings. The van der Waals surface area contributed by atoms with Crippen molar-refractivity contribution in [2.45, 2.75) is 6.92 Å². The predicted octanol–water partition coefficient (Wildman–Crippen LogP) is 0.712. The van der Waals surface area contributed by atoms with E-state index in [1.54, 1.807) is 17.1 Å². The second kappa shape index (κ2) is 5.31. The van der Waals surface area contributed by atoms with Gasteiger partial charge in [0.15, 0.2) is 5.84 Å². The van der Waals surface area contributed by atoms with E-state index >= 15 is 0 Å². The van der Waals surface area contributed by atoms with Gasteiger partial charge in [0, 0.05) is 31.5 Å². The molecule has 0 saturated heterocycles. The summed E-state index contributed by atoms with van der Waals surface area (Å²) in [6, 6.07) is 5.72. The maximum absolute atomic E-state index is 5.89. The molecule has 0 spiro atoms. The Bertz CT molecular complexity index is 543. The van der Waals surface area contributed by atoms with Gasteiger partial charge in [-0.2, -0.15) is 10.2 Å². The largest absolute Gasteiger partial charge is 0.380 e. The van der Waals surface area contributed by atoms with Crippen molar-refractivity contribution in [3.8, 4) is 11.3 Å². The topological polar surface area (TPSA) is 81.1 Å². The number of hydrogen-bond acceptors (Lipinski definition) is 4. The van der Waals surface area contributed by atoms with Gasteiger partial charge >= 0.3 is 0 Å². The van der Waals surface area contributed by atoms with E-state index in [9.17, 15) is 0 Å². The quantitative estimate of drug-likeness (QED) is 0.471. The van der Waals surface area contributed by atoms with Crippen LogP contribution in [0.4, 0.5) is 0 Å². The van der Waals surface area contributed by atoms with Gasteiger partial charge in [0.2, 0.25) is 0 Å². The average molecular weight is 244 g/mol. The molecular formula is C12H16N6. The first-order valence-electron chi connectivity index (χ1n) is 5.73. The van der Waals surface area contributed by atoms with Gasteiger partial charge in [-0.25, -0.2) is 0 Å². The molecule has 0 aromatic carbocycles. The molecule has 0 saturated carbocycles. The van der Waals surface area contributed by atoms with Gasteiger partial charge in [-0.05, 0) is 25.1 Å². The molecule has 18 heavy (non-hydrogen) atoms. The Morgan fingerprint density at radius 2 is 2.17 bits per heavy atom. The number of aromatic nitrogens is 3. The van der Waals surface area contributed by atoms with Crippen LogP contribution in [0.5, 0.6) is 0 Å². The van der Waals surface area contributed by atoms with E-state index in [4.69, 9.17) is 5.73 Å². The van der Waals surface area contributed by atoms with Gasteiger partial charge < -0.3 is 11.2 Å². The highest BCUT2D eigenvalue weighted by Crippen LogP contribution is 2.17. The summed E-state index contributed by atoms with van der Waals surface area (Å²) in [5.74, 6) is 0.423. The van der Waals surface area contributed by atoms with Crippen molar-refractivity contribution in [1.29, 1.82) is 0 Å². The van der Waals surface area contributed by atoms with Crippen molar-refractivity contribution in [3.63, 3.8) is 0 Å². The average Bonchev–Trinajstić information content (AvgIpc) is 2.79. The van der Waals surface area contributed by atoms with E-state index in [1.165, 1.54) is 0 Å². The minimum Gasteiger partial charge on any atom is -0.380 e. The zero-order valence-electron chi connectivity index (χ0n) is 10.5. The number of pyridine rings is 1. The molecule has 6 heteroatoms. The summed E-state index contributed by atoms with van der Waals surface area (Å²) in [6.45, 7) is 2.69. The lowest BCUT2D eigenvalue weighted by atomic mass is 10.2. The van der Waals surface area contributed by atoms with Crippen molar-refractivity contribution in [1.82, 2.24) is 20.2 Å². The van der Waals surface area contributed by atoms with Crippen LogP contribution in [0, 0.1) is 0 Å². The lowest BCUT2D eigenvalue weighted by Gasteiger charge is -2.00. The number of rotatable bonds is 4. The number of aryl methyl sites for hydroxylation is 1. The van der Waals surface area contributed by atoms with E-state index in [2.05, 4.69) is 20.6 Å². The van der Waals surface area contributed by atoms with Crippen LogP contribution in [0.15, 0.2) is 35.7 Å². The van der Waals surface area contributed by atoms with Gasteiger partial charge in [0.25, 0.3) is 0 Å². The molecule has 0 aliphatic carbocycles. The van der Waals surface area contributed by atoms with Crippen LogP contribution in [0.2, 0.25) is 0 Å². The van der Waals surface area contributed by atoms with Crippen molar-refractivity contribution in [2.75, 3.05) is 6.54 Å². The normalized spacial score (nSPS) is 11.6. The smallest absolute Gasteiger partial charge is 0.168 e. The molecule has 0 fully saturated rings. The first-order valence-corrected chi connectivity index (χ1v) is 5.73. The lowest BCUT2D eigenvalue weighted by molar-refractivity contribution is 0.748. The van der Waals surface area contributed by atoms with Gasteiger partial charge in [-0.1, -0.05) is 0 Å². The number of nitrogens with one attached hydrogen (secondary N) is 1. The fourth-order valence-corrected chi connectivity index (χ4v) is 1.59. The maximum Gasteiger partial charge on any atom is 0.168 e. The minimum atomic E-state index is 0.423. The maximum atomic E-state index is 5.89. The van der Waals surface area contributed by atoms with Crippen LogP contribution in [-0.2, 0) is 7.05 Å². The molecule has 0 aliphatic heterocycles. The van der Waals surface area contributed by atoms with Gasteiger partial charge in [0.1, 0.15) is 5.69 Å². The standard InChI is InChI=1S/C12H16N6/c1-3-15-16-12(13)11-8-10(17-18(11)2)9-4-6-14-7-5-9/h4-8,15H,3H2,1-2H3,(H2,13,16). The number of nitrogens with zero attached hydrogens (tertiary/aromatic N) is 4. The number of hydrazone groups is 1. The Hall–Kier alpha value is -2.37. The summed E-state index contributed by atoms with van der Waals surface area (Å²) in [6.07, 6.45) is 3.47. The zero-order valence-corrected chi connectivity index (χ0v) is 10.5. The molecule has 3 N–H and O–H groups in total. The molecule has 2 rings (SSSR count). The Kier molecular flexibility index (Phi) is 3.57. The molecule has 94 valence electrons. The number of nitrogens with two attached hydrogens (primary N) is 1. The predicted molar refractivity (Wildman–Crippen MR) is 70.8 cm³/mol. The second-order valence-corrected chi connectivity index (χ2v) is 3.78. The highest BCUT2D eigenvalue weighted by molar-refractivity contribution is 5.96. The lowest BCUT2D eigenvalue weighted by Crippen LogP contribution is -2.21. The third kappa shape index (κ3) is 2.48. The Labute approximate surface area is 106 Å². The first-order chi connectivity index (χ1) is 8.72. The molecule has 0 atom stereocenters. The van der Waals surface area contributed by atoms with Crippen molar-refractivity contribution >= 4 is 5.84 Å². The summed E-state index contributed by atoms with van der Waals surface area (Å²) in [7, 11) is 1.84. The molecule has 0 amide bonds. The molecule has 0 radical (unpaired) electrons. The van der Waals surface area contributed by atoms with Crippen LogP contribution < -0.4 is 11.2 Å². The summed E-state index contributed by atoms with van der Waals surface area (Å²) in [4.78, 5) is 3.98. The van der Waals surface area contributed by atoms with Crippen molar-refractivity contribution < 1.29 is 0 Å². The van der Waals surface area contributed by atoms with Crippen LogP contribution in [-0.4, -0.2) is 27.1 Å². The van der Waals surface area contributed by atoms with E-state index in [-0.39, 0.29) is 0 Å². The zero-order chi connectivity index (χ0) is 13.0. The van der Waals surface area contributed by atoms with E-state index in [0.717, 1.165) is 23.5 Å². The molecule has 0 bridgehead atoms. The molecule has 2 aromatic rings. The summed E-state index contributed by atoms with van der Waals surface area (Å²) < 4.78 is 1.71. The van der Waals surface area contributed by atoms with Crippen molar-refractivity contribution in [2.24, 2.45) is 17.9 Å². The van der Waals surface area contributed by atoms with Gasteiger partial charge in [-0.3, -0.25) is 9.67 Å². The highest BCUT2D eigenvalue weighted by Gasteiger charge is 2.09. The Balaban J connectivity index is 2.33. The van der Waals surface area contributed by atoms with Crippen LogP contribution in [0.3, 0.4) is 0 Å². The van der Waals surface area contributed by atoms with E-state index in [1.807, 2.05) is 32.2 Å². The fraction of sp³-hybridized carbons (Fsp3) is 0.250. The molecule has 2 aromatic heterocycles. The number of amidine groups is 1. The Morgan fingerprint density at radius 1 is 1.44 bits per heavy atom. The summed E-state index contributed by atoms with van der Waals surface area (Å²) in [5, 5.41) is 8.46. The van der Waals surface area contributed by atoms with Gasteiger partial charge in [0.05, 0.1) is 5.69 Å². The minimum absolute atomic E-state index is 0.423. The molecular weight excluding hydrogens is 228 g/mol. The van der Waals surface area contributed by atoms with Gasteiger partial charge in [-0.15, -0.1) is 0 Å². The Morgan fingerprint density at radius 3 is 2.83 bits per heavy atom. The second-order valence-electron chi connectivity index (χ2n) is 3.78. The van der Waals surface area contributed by atoms with Crippen molar-refractivity contribution in [3.05, 3.63) is 36.3 Å². The third-order valence-corrected chi connectivity index (χ3v) is 2.48. The molecule has 0 unspecified atom stereocenters. The summed E-state index contributed by atoms with van der Waals surface area (Å²) >= 11 is 0. The van der Waals surface area contributed by atoms with Crippen LogP contribution in [0.25, 0.3) is 11.3 Å². The highest BCUT2D eigenvalue weighted by atomic mass is 15.3. The molecule has 2 heterocycles. The van der Waals surface area contributed by atoms with Crippen LogP contribution in [0.1, 0.15) is 12.6 Å².